The summed E-state index contributed by atoms with van der Waals surface area (Å²) in [5.74, 6) is -2.61. The topological polar surface area (TPSA) is 70.4 Å². The number of benzene rings is 1. The first-order valence-electron chi connectivity index (χ1n) is 8.51. The molecule has 0 radical (unpaired) electrons. The standard InChI is InChI=1S/C19H15F3N2O3/c1-3-9-7-18(2)14-13(15(9)27-18)16(25)24(17(14)26)11-5-4-10(8-23)12(6-11)19(20,21)22/h4-7,13-15H,3H2,1-2H3/t13-,14-,15?,18?/m0/s1. The molecule has 4 rings (SSSR count). The van der Waals surface area contributed by atoms with Crippen molar-refractivity contribution in [3.63, 3.8) is 0 Å². The summed E-state index contributed by atoms with van der Waals surface area (Å²) in [6.45, 7) is 3.64. The molecule has 0 N–H and O–H groups in total. The number of carbonyl (C=O) groups excluding carboxylic acids is 2. The Morgan fingerprint density at radius 3 is 2.59 bits per heavy atom. The van der Waals surface area contributed by atoms with E-state index in [0.717, 1.165) is 16.5 Å². The van der Waals surface area contributed by atoms with Crippen molar-refractivity contribution in [2.24, 2.45) is 11.8 Å². The van der Waals surface area contributed by atoms with Crippen LogP contribution in [0.1, 0.15) is 31.4 Å². The van der Waals surface area contributed by atoms with Crippen LogP contribution >= 0.6 is 0 Å². The van der Waals surface area contributed by atoms with E-state index in [1.165, 1.54) is 12.1 Å². The lowest BCUT2D eigenvalue weighted by atomic mass is 9.74. The second-order valence-electron chi connectivity index (χ2n) is 7.15. The zero-order valence-corrected chi connectivity index (χ0v) is 14.5. The Balaban J connectivity index is 1.78. The number of rotatable bonds is 2. The molecule has 3 aliphatic heterocycles. The van der Waals surface area contributed by atoms with E-state index in [2.05, 4.69) is 0 Å². The molecule has 2 fully saturated rings. The van der Waals surface area contributed by atoms with E-state index in [1.807, 2.05) is 13.0 Å². The van der Waals surface area contributed by atoms with Gasteiger partial charge in [-0.05, 0) is 37.1 Å². The van der Waals surface area contributed by atoms with Crippen LogP contribution in [-0.2, 0) is 20.5 Å². The number of nitriles is 1. The first kappa shape index (κ1) is 17.7. The summed E-state index contributed by atoms with van der Waals surface area (Å²) in [7, 11) is 0. The molecule has 4 atom stereocenters. The first-order chi connectivity index (χ1) is 12.6. The molecular formula is C19H15F3N2O3. The maximum atomic E-state index is 13.3. The van der Waals surface area contributed by atoms with Crippen LogP contribution in [0.5, 0.6) is 0 Å². The Morgan fingerprint density at radius 1 is 1.30 bits per heavy atom. The Hall–Kier alpha value is -2.66. The minimum atomic E-state index is -4.77. The molecule has 2 bridgehead atoms. The van der Waals surface area contributed by atoms with Crippen LogP contribution in [0.2, 0.25) is 0 Å². The lowest BCUT2D eigenvalue weighted by Gasteiger charge is -2.24. The van der Waals surface area contributed by atoms with Gasteiger partial charge in [0, 0.05) is 0 Å². The number of hydrogen-bond acceptors (Lipinski definition) is 4. The summed E-state index contributed by atoms with van der Waals surface area (Å²) >= 11 is 0. The van der Waals surface area contributed by atoms with Crippen molar-refractivity contribution in [2.75, 3.05) is 4.90 Å². The summed E-state index contributed by atoms with van der Waals surface area (Å²) in [5.41, 5.74) is -1.90. The maximum Gasteiger partial charge on any atom is 0.417 e. The smallest absolute Gasteiger partial charge is 0.362 e. The van der Waals surface area contributed by atoms with Gasteiger partial charge in [-0.15, -0.1) is 0 Å². The molecule has 5 nitrogen and oxygen atoms in total. The average molecular weight is 376 g/mol. The highest BCUT2D eigenvalue weighted by molar-refractivity contribution is 6.23. The molecule has 3 aliphatic rings. The van der Waals surface area contributed by atoms with Gasteiger partial charge in [0.1, 0.15) is 0 Å². The fourth-order valence-corrected chi connectivity index (χ4v) is 4.46. The second kappa shape index (κ2) is 5.42. The van der Waals surface area contributed by atoms with Crippen molar-refractivity contribution in [2.45, 2.75) is 38.1 Å². The van der Waals surface area contributed by atoms with Crippen LogP contribution in [0.25, 0.3) is 0 Å². The number of nitrogens with zero attached hydrogens (tertiary/aromatic N) is 2. The molecule has 2 amide bonds. The monoisotopic (exact) mass is 376 g/mol. The quantitative estimate of drug-likeness (QED) is 0.587. The van der Waals surface area contributed by atoms with Crippen LogP contribution in [0, 0.1) is 23.2 Å². The molecule has 8 heteroatoms. The average Bonchev–Trinajstić information content (AvgIpc) is 3.19. The van der Waals surface area contributed by atoms with Crippen LogP contribution < -0.4 is 4.90 Å². The van der Waals surface area contributed by atoms with Crippen molar-refractivity contribution < 1.29 is 27.5 Å². The van der Waals surface area contributed by atoms with Crippen LogP contribution in [-0.4, -0.2) is 23.5 Å². The normalized spacial score (nSPS) is 31.9. The van der Waals surface area contributed by atoms with Gasteiger partial charge in [-0.1, -0.05) is 13.0 Å². The Morgan fingerprint density at radius 2 is 2.00 bits per heavy atom. The number of halogens is 3. The maximum absolute atomic E-state index is 13.3. The summed E-state index contributed by atoms with van der Waals surface area (Å²) in [6.07, 6.45) is -2.77. The van der Waals surface area contributed by atoms with Gasteiger partial charge >= 0.3 is 6.18 Å². The molecule has 3 heterocycles. The number of amides is 2. The van der Waals surface area contributed by atoms with Crippen molar-refractivity contribution in [3.05, 3.63) is 41.0 Å². The number of ether oxygens (including phenoxy) is 1. The van der Waals surface area contributed by atoms with Crippen LogP contribution in [0.3, 0.4) is 0 Å². The minimum Gasteiger partial charge on any atom is -0.362 e. The molecule has 1 aromatic rings. The van der Waals surface area contributed by atoms with Gasteiger partial charge in [0.05, 0.1) is 46.4 Å². The zero-order valence-electron chi connectivity index (χ0n) is 14.5. The van der Waals surface area contributed by atoms with Gasteiger partial charge in [-0.25, -0.2) is 4.90 Å². The molecule has 2 saturated heterocycles. The van der Waals surface area contributed by atoms with E-state index in [1.54, 1.807) is 6.92 Å². The molecule has 2 unspecified atom stereocenters. The summed E-state index contributed by atoms with van der Waals surface area (Å²) in [5, 5.41) is 8.92. The van der Waals surface area contributed by atoms with Gasteiger partial charge in [0.15, 0.2) is 0 Å². The third-order valence-electron chi connectivity index (χ3n) is 5.61. The number of alkyl halides is 3. The van der Waals surface area contributed by atoms with Crippen molar-refractivity contribution >= 4 is 17.5 Å². The third-order valence-corrected chi connectivity index (χ3v) is 5.61. The van der Waals surface area contributed by atoms with E-state index in [4.69, 9.17) is 10.00 Å². The molecule has 0 aliphatic carbocycles. The number of anilines is 1. The Labute approximate surface area is 153 Å². The summed E-state index contributed by atoms with van der Waals surface area (Å²) < 4.78 is 45.6. The van der Waals surface area contributed by atoms with Gasteiger partial charge in [-0.3, -0.25) is 9.59 Å². The van der Waals surface area contributed by atoms with Crippen molar-refractivity contribution in [1.82, 2.24) is 0 Å². The highest BCUT2D eigenvalue weighted by Crippen LogP contribution is 2.55. The molecular weight excluding hydrogens is 361 g/mol. The largest absolute Gasteiger partial charge is 0.417 e. The number of imide groups is 1. The van der Waals surface area contributed by atoms with E-state index in [-0.39, 0.29) is 5.69 Å². The fourth-order valence-electron chi connectivity index (χ4n) is 4.46. The SMILES string of the molecule is CCC1=CC2(C)OC1[C@H]1C(=O)N(c3ccc(C#N)c(C(F)(F)F)c3)C(=O)[C@H]12. The van der Waals surface area contributed by atoms with E-state index < -0.39 is 52.7 Å². The molecule has 0 aromatic heterocycles. The highest BCUT2D eigenvalue weighted by Gasteiger charge is 2.67. The zero-order chi connectivity index (χ0) is 19.7. The van der Waals surface area contributed by atoms with Crippen LogP contribution in [0.15, 0.2) is 29.8 Å². The lowest BCUT2D eigenvalue weighted by Crippen LogP contribution is -2.38. The van der Waals surface area contributed by atoms with E-state index in [0.29, 0.717) is 12.5 Å². The molecule has 0 spiro atoms. The van der Waals surface area contributed by atoms with Crippen molar-refractivity contribution in [3.8, 4) is 6.07 Å². The molecule has 140 valence electrons. The lowest BCUT2D eigenvalue weighted by molar-refractivity contribution is -0.138. The predicted molar refractivity (Wildman–Crippen MR) is 87.3 cm³/mol. The molecule has 1 aromatic carbocycles. The summed E-state index contributed by atoms with van der Waals surface area (Å²) in [4.78, 5) is 26.7. The van der Waals surface area contributed by atoms with Crippen LogP contribution in [0.4, 0.5) is 18.9 Å². The molecule has 0 saturated carbocycles. The minimum absolute atomic E-state index is 0.174. The second-order valence-corrected chi connectivity index (χ2v) is 7.15. The van der Waals surface area contributed by atoms with Gasteiger partial charge in [-0.2, -0.15) is 18.4 Å². The summed E-state index contributed by atoms with van der Waals surface area (Å²) in [6, 6.07) is 4.36. The number of hydrogen-bond donors (Lipinski definition) is 0. The Kier molecular flexibility index (Phi) is 3.56. The van der Waals surface area contributed by atoms with Gasteiger partial charge in [0.25, 0.3) is 0 Å². The van der Waals surface area contributed by atoms with E-state index in [9.17, 15) is 22.8 Å². The van der Waals surface area contributed by atoms with Gasteiger partial charge < -0.3 is 4.74 Å². The predicted octanol–water partition coefficient (Wildman–Crippen LogP) is 3.19. The number of fused-ring (bicyclic) bond motifs is 5. The van der Waals surface area contributed by atoms with Gasteiger partial charge in [0.2, 0.25) is 11.8 Å². The number of carbonyl (C=O) groups is 2. The van der Waals surface area contributed by atoms with E-state index >= 15 is 0 Å². The Bertz CT molecular complexity index is 946. The first-order valence-corrected chi connectivity index (χ1v) is 8.51. The van der Waals surface area contributed by atoms with Crippen molar-refractivity contribution in [1.29, 1.82) is 5.26 Å². The molecule has 27 heavy (non-hydrogen) atoms. The fraction of sp³-hybridized carbons (Fsp3) is 0.421. The highest BCUT2D eigenvalue weighted by atomic mass is 19.4. The third kappa shape index (κ3) is 2.28.